The molecule has 4 atom stereocenters. The summed E-state index contributed by atoms with van der Waals surface area (Å²) in [7, 11) is 1.47. The highest BCUT2D eigenvalue weighted by atomic mass is 16.5. The van der Waals surface area contributed by atoms with Crippen LogP contribution in [0.15, 0.2) is 18.2 Å². The minimum Gasteiger partial charge on any atom is -0.504 e. The van der Waals surface area contributed by atoms with Crippen LogP contribution in [0.5, 0.6) is 11.5 Å². The normalized spacial score (nSPS) is 24.8. The first-order chi connectivity index (χ1) is 12.1. The molecule has 7 heteroatoms. The molecule has 1 saturated heterocycles. The topological polar surface area (TPSA) is 96.3 Å². The highest BCUT2D eigenvalue weighted by molar-refractivity contribution is 5.83. The summed E-state index contributed by atoms with van der Waals surface area (Å²) in [6.45, 7) is 7.09. The van der Waals surface area contributed by atoms with E-state index < -0.39 is 23.6 Å². The van der Waals surface area contributed by atoms with Crippen LogP contribution >= 0.6 is 0 Å². The molecule has 1 aromatic carbocycles. The molecule has 1 heterocycles. The van der Waals surface area contributed by atoms with Gasteiger partial charge in [0.25, 0.3) is 5.91 Å². The van der Waals surface area contributed by atoms with E-state index in [0.717, 1.165) is 5.56 Å². The Labute approximate surface area is 153 Å². The van der Waals surface area contributed by atoms with Gasteiger partial charge < -0.3 is 24.6 Å². The Bertz CT molecular complexity index is 689. The second-order valence-electron chi connectivity index (χ2n) is 7.14. The van der Waals surface area contributed by atoms with Gasteiger partial charge in [-0.25, -0.2) is 0 Å². The van der Waals surface area contributed by atoms with Crippen molar-refractivity contribution in [1.29, 1.82) is 0 Å². The maximum atomic E-state index is 12.6. The number of likely N-dealkylation sites (tertiary alicyclic amines) is 1. The number of carbonyl (C=O) groups excluding carboxylic acids is 2. The average molecular weight is 365 g/mol. The molecule has 1 amide bonds. The number of aliphatic hydroxyl groups excluding tert-OH is 1. The minimum atomic E-state index is -0.881. The van der Waals surface area contributed by atoms with Crippen LogP contribution < -0.4 is 4.74 Å². The van der Waals surface area contributed by atoms with Gasteiger partial charge in [0, 0.05) is 31.3 Å². The number of esters is 1. The summed E-state index contributed by atoms with van der Waals surface area (Å²) in [6, 6.07) is 5.10. The van der Waals surface area contributed by atoms with Crippen molar-refractivity contribution in [3.8, 4) is 11.5 Å². The molecule has 2 rings (SSSR count). The highest BCUT2D eigenvalue weighted by Gasteiger charge is 2.49. The molecule has 144 valence electrons. The predicted octanol–water partition coefficient (Wildman–Crippen LogP) is 1.67. The summed E-state index contributed by atoms with van der Waals surface area (Å²) in [5.41, 5.74) is 0.203. The fourth-order valence-electron chi connectivity index (χ4n) is 3.57. The number of aliphatic hydroxyl groups is 1. The van der Waals surface area contributed by atoms with Crippen molar-refractivity contribution in [3.05, 3.63) is 23.8 Å². The molecule has 0 aliphatic carbocycles. The zero-order chi connectivity index (χ0) is 19.6. The predicted molar refractivity (Wildman–Crippen MR) is 95.0 cm³/mol. The molecule has 0 spiro atoms. The average Bonchev–Trinajstić information content (AvgIpc) is 2.92. The summed E-state index contributed by atoms with van der Waals surface area (Å²) in [4.78, 5) is 25.4. The molecule has 1 fully saturated rings. The fraction of sp³-hybridized carbons (Fsp3) is 0.579. The van der Waals surface area contributed by atoms with Crippen LogP contribution in [0.1, 0.15) is 39.2 Å². The van der Waals surface area contributed by atoms with E-state index in [1.54, 1.807) is 24.0 Å². The Kier molecular flexibility index (Phi) is 5.81. The first-order valence-corrected chi connectivity index (χ1v) is 8.61. The number of hydrogen-bond donors (Lipinski definition) is 2. The zero-order valence-corrected chi connectivity index (χ0v) is 15.9. The number of carbonyl (C=O) groups is 2. The smallest absolute Gasteiger partial charge is 0.303 e. The fourth-order valence-corrected chi connectivity index (χ4v) is 3.57. The third-order valence-corrected chi connectivity index (χ3v) is 5.29. The highest BCUT2D eigenvalue weighted by Crippen LogP contribution is 2.46. The molecule has 0 aromatic heterocycles. The van der Waals surface area contributed by atoms with Gasteiger partial charge in [0.1, 0.15) is 0 Å². The molecule has 26 heavy (non-hydrogen) atoms. The van der Waals surface area contributed by atoms with E-state index in [9.17, 15) is 19.8 Å². The molecular weight excluding hydrogens is 338 g/mol. The molecule has 1 aliphatic heterocycles. The first kappa shape index (κ1) is 20.0. The van der Waals surface area contributed by atoms with Crippen LogP contribution in [0, 0.1) is 5.41 Å². The maximum absolute atomic E-state index is 12.6. The van der Waals surface area contributed by atoms with E-state index in [-0.39, 0.29) is 17.6 Å². The van der Waals surface area contributed by atoms with Gasteiger partial charge in [-0.1, -0.05) is 13.0 Å². The monoisotopic (exact) mass is 365 g/mol. The van der Waals surface area contributed by atoms with E-state index >= 15 is 0 Å². The number of amides is 1. The summed E-state index contributed by atoms with van der Waals surface area (Å²) in [6.07, 6.45) is -1.56. The molecule has 1 aromatic rings. The van der Waals surface area contributed by atoms with Gasteiger partial charge >= 0.3 is 5.97 Å². The number of methoxy groups -OCH3 is 1. The van der Waals surface area contributed by atoms with E-state index in [1.165, 1.54) is 21.0 Å². The molecule has 0 saturated carbocycles. The molecule has 1 aliphatic rings. The summed E-state index contributed by atoms with van der Waals surface area (Å²) >= 11 is 0. The summed E-state index contributed by atoms with van der Waals surface area (Å²) < 4.78 is 10.1. The number of hydrogen-bond acceptors (Lipinski definition) is 6. The third-order valence-electron chi connectivity index (χ3n) is 5.29. The minimum absolute atomic E-state index is 0.0102. The Morgan fingerprint density at radius 2 is 2.00 bits per heavy atom. The second-order valence-corrected chi connectivity index (χ2v) is 7.14. The molecule has 0 radical (unpaired) electrons. The Balaban J connectivity index is 2.31. The first-order valence-electron chi connectivity index (χ1n) is 8.61. The lowest BCUT2D eigenvalue weighted by molar-refractivity contribution is -0.157. The van der Waals surface area contributed by atoms with Crippen molar-refractivity contribution in [2.75, 3.05) is 20.2 Å². The number of aromatic hydroxyl groups is 1. The van der Waals surface area contributed by atoms with E-state index in [1.807, 2.05) is 13.0 Å². The quantitative estimate of drug-likeness (QED) is 0.771. The number of rotatable bonds is 5. The number of benzene rings is 1. The number of phenols is 1. The van der Waals surface area contributed by atoms with Crippen LogP contribution in [0.25, 0.3) is 0 Å². The van der Waals surface area contributed by atoms with Gasteiger partial charge in [-0.15, -0.1) is 0 Å². The number of phenolic OH excluding ortho intramolecular Hbond substituents is 1. The summed E-state index contributed by atoms with van der Waals surface area (Å²) in [5, 5.41) is 20.5. The van der Waals surface area contributed by atoms with Crippen molar-refractivity contribution in [2.45, 2.75) is 45.8 Å². The third kappa shape index (κ3) is 3.77. The van der Waals surface area contributed by atoms with E-state index in [0.29, 0.717) is 18.8 Å². The molecule has 4 unspecified atom stereocenters. The van der Waals surface area contributed by atoms with Gasteiger partial charge in [0.05, 0.1) is 13.2 Å². The Hall–Kier alpha value is -2.28. The SMILES string of the molecule is COc1ccc(C2CN(C(=O)C(C)OC(C)=O)CC2(C)C(C)O)cc1O. The zero-order valence-electron chi connectivity index (χ0n) is 15.9. The maximum Gasteiger partial charge on any atom is 0.303 e. The molecule has 2 N–H and O–H groups in total. The van der Waals surface area contributed by atoms with Gasteiger partial charge in [-0.3, -0.25) is 9.59 Å². The van der Waals surface area contributed by atoms with Crippen molar-refractivity contribution < 1.29 is 29.3 Å². The largest absolute Gasteiger partial charge is 0.504 e. The number of ether oxygens (including phenoxy) is 2. The molecule has 7 nitrogen and oxygen atoms in total. The lowest BCUT2D eigenvalue weighted by Gasteiger charge is -2.33. The van der Waals surface area contributed by atoms with Crippen LogP contribution in [-0.4, -0.2) is 59.4 Å². The van der Waals surface area contributed by atoms with Crippen LogP contribution in [-0.2, 0) is 14.3 Å². The van der Waals surface area contributed by atoms with Crippen molar-refractivity contribution in [1.82, 2.24) is 4.90 Å². The second kappa shape index (κ2) is 7.53. The standard InChI is InChI=1S/C19H27NO6/c1-11(26-13(3)22)18(24)20-9-15(19(4,10-20)12(2)21)14-6-7-17(25-5)16(23)8-14/h6-8,11-12,15,21,23H,9-10H2,1-5H3. The Morgan fingerprint density at radius 1 is 1.35 bits per heavy atom. The van der Waals surface area contributed by atoms with Gasteiger partial charge in [0.2, 0.25) is 0 Å². The lowest BCUT2D eigenvalue weighted by atomic mass is 9.72. The van der Waals surface area contributed by atoms with Crippen molar-refractivity contribution in [3.63, 3.8) is 0 Å². The number of nitrogens with zero attached hydrogens (tertiary/aromatic N) is 1. The molecular formula is C19H27NO6. The summed E-state index contributed by atoms with van der Waals surface area (Å²) in [5.74, 6) is -0.627. The molecule has 0 bridgehead atoms. The van der Waals surface area contributed by atoms with Gasteiger partial charge in [-0.05, 0) is 31.5 Å². The lowest BCUT2D eigenvalue weighted by Crippen LogP contribution is -2.41. The van der Waals surface area contributed by atoms with Gasteiger partial charge in [-0.2, -0.15) is 0 Å². The van der Waals surface area contributed by atoms with Crippen molar-refractivity contribution in [2.24, 2.45) is 5.41 Å². The van der Waals surface area contributed by atoms with E-state index in [4.69, 9.17) is 9.47 Å². The van der Waals surface area contributed by atoms with Crippen molar-refractivity contribution >= 4 is 11.9 Å². The van der Waals surface area contributed by atoms with Crippen LogP contribution in [0.4, 0.5) is 0 Å². The Morgan fingerprint density at radius 3 is 2.50 bits per heavy atom. The van der Waals surface area contributed by atoms with Crippen LogP contribution in [0.3, 0.4) is 0 Å². The van der Waals surface area contributed by atoms with Gasteiger partial charge in [0.15, 0.2) is 17.6 Å². The van der Waals surface area contributed by atoms with E-state index in [2.05, 4.69) is 0 Å². The van der Waals surface area contributed by atoms with Crippen LogP contribution in [0.2, 0.25) is 0 Å².